The summed E-state index contributed by atoms with van der Waals surface area (Å²) in [5, 5.41) is 6.37. The maximum Gasteiger partial charge on any atom is 0.00671 e. The van der Waals surface area contributed by atoms with Crippen LogP contribution in [-0.2, 0) is 6.42 Å². The fraction of sp³-hybridized carbons (Fsp3) is 0.412. The zero-order valence-corrected chi connectivity index (χ0v) is 10.9. The van der Waals surface area contributed by atoms with Gasteiger partial charge >= 0.3 is 0 Å². The molecule has 0 bridgehead atoms. The molecule has 0 radical (unpaired) electrons. The van der Waals surface area contributed by atoms with Crippen LogP contribution in [0.3, 0.4) is 0 Å². The van der Waals surface area contributed by atoms with Gasteiger partial charge < -0.3 is 5.32 Å². The first-order valence-corrected chi connectivity index (χ1v) is 7.13. The fourth-order valence-electron chi connectivity index (χ4n) is 2.94. The minimum atomic E-state index is 0.783. The van der Waals surface area contributed by atoms with Crippen LogP contribution in [0.1, 0.15) is 31.2 Å². The molecule has 1 saturated carbocycles. The Morgan fingerprint density at radius 1 is 0.944 bits per heavy atom. The lowest BCUT2D eigenvalue weighted by Gasteiger charge is -2.11. The summed E-state index contributed by atoms with van der Waals surface area (Å²) < 4.78 is 0. The molecule has 0 unspecified atom stereocenters. The van der Waals surface area contributed by atoms with Crippen molar-refractivity contribution in [1.82, 2.24) is 5.32 Å². The Bertz CT molecular complexity index is 512. The number of hydrogen-bond acceptors (Lipinski definition) is 1. The van der Waals surface area contributed by atoms with Crippen molar-refractivity contribution in [2.75, 3.05) is 6.54 Å². The number of fused-ring (bicyclic) bond motifs is 1. The van der Waals surface area contributed by atoms with Crippen LogP contribution in [0.25, 0.3) is 10.8 Å². The van der Waals surface area contributed by atoms with Crippen LogP contribution in [-0.4, -0.2) is 12.6 Å². The van der Waals surface area contributed by atoms with E-state index in [1.165, 1.54) is 42.0 Å². The van der Waals surface area contributed by atoms with Gasteiger partial charge in [-0.2, -0.15) is 0 Å². The molecule has 3 rings (SSSR count). The van der Waals surface area contributed by atoms with Crippen molar-refractivity contribution < 1.29 is 0 Å². The molecular formula is C17H21N. The Morgan fingerprint density at radius 3 is 2.56 bits per heavy atom. The van der Waals surface area contributed by atoms with E-state index < -0.39 is 0 Å². The van der Waals surface area contributed by atoms with Gasteiger partial charge in [-0.25, -0.2) is 0 Å². The summed E-state index contributed by atoms with van der Waals surface area (Å²) in [4.78, 5) is 0. The van der Waals surface area contributed by atoms with Gasteiger partial charge in [-0.1, -0.05) is 55.3 Å². The largest absolute Gasteiger partial charge is 0.314 e. The molecule has 0 amide bonds. The molecule has 1 nitrogen and oxygen atoms in total. The Balaban J connectivity index is 1.60. The van der Waals surface area contributed by atoms with Gasteiger partial charge in [0.05, 0.1) is 0 Å². The van der Waals surface area contributed by atoms with E-state index in [1.807, 2.05) is 0 Å². The minimum absolute atomic E-state index is 0.783. The molecule has 0 saturated heterocycles. The summed E-state index contributed by atoms with van der Waals surface area (Å²) in [5.41, 5.74) is 1.44. The second-order valence-electron chi connectivity index (χ2n) is 5.37. The van der Waals surface area contributed by atoms with E-state index in [4.69, 9.17) is 0 Å². The highest BCUT2D eigenvalue weighted by molar-refractivity contribution is 5.82. The molecule has 18 heavy (non-hydrogen) atoms. The van der Waals surface area contributed by atoms with Gasteiger partial charge in [0.2, 0.25) is 0 Å². The molecule has 1 aliphatic rings. The lowest BCUT2D eigenvalue weighted by molar-refractivity contribution is 0.528. The van der Waals surface area contributed by atoms with E-state index in [0.717, 1.165) is 19.0 Å². The van der Waals surface area contributed by atoms with Gasteiger partial charge in [-0.15, -0.1) is 0 Å². The zero-order chi connectivity index (χ0) is 12.2. The lowest BCUT2D eigenvalue weighted by Crippen LogP contribution is -2.27. The predicted octanol–water partition coefficient (Wildman–Crippen LogP) is 3.91. The Labute approximate surface area is 109 Å². The highest BCUT2D eigenvalue weighted by Gasteiger charge is 2.13. The summed E-state index contributed by atoms with van der Waals surface area (Å²) in [6.45, 7) is 1.11. The summed E-state index contributed by atoms with van der Waals surface area (Å²) in [6, 6.07) is 16.2. The summed E-state index contributed by atoms with van der Waals surface area (Å²) in [7, 11) is 0. The molecule has 94 valence electrons. The molecule has 2 aromatic carbocycles. The Hall–Kier alpha value is -1.34. The molecule has 0 atom stereocenters. The van der Waals surface area contributed by atoms with Crippen molar-refractivity contribution in [3.05, 3.63) is 48.0 Å². The van der Waals surface area contributed by atoms with Crippen LogP contribution in [0.5, 0.6) is 0 Å². The molecular weight excluding hydrogens is 218 g/mol. The molecule has 0 aliphatic heterocycles. The number of benzene rings is 2. The maximum atomic E-state index is 3.68. The minimum Gasteiger partial charge on any atom is -0.314 e. The van der Waals surface area contributed by atoms with Crippen molar-refractivity contribution in [3.8, 4) is 0 Å². The number of rotatable bonds is 4. The van der Waals surface area contributed by atoms with Gasteiger partial charge in [0.25, 0.3) is 0 Å². The third-order valence-electron chi connectivity index (χ3n) is 4.02. The topological polar surface area (TPSA) is 12.0 Å². The smallest absolute Gasteiger partial charge is 0.00671 e. The van der Waals surface area contributed by atoms with Gasteiger partial charge in [-0.05, 0) is 42.1 Å². The molecule has 1 N–H and O–H groups in total. The van der Waals surface area contributed by atoms with E-state index in [9.17, 15) is 0 Å². The van der Waals surface area contributed by atoms with Crippen molar-refractivity contribution in [2.45, 2.75) is 38.1 Å². The first kappa shape index (κ1) is 11.7. The number of nitrogens with one attached hydrogen (secondary N) is 1. The summed E-state index contributed by atoms with van der Waals surface area (Å²) in [5.74, 6) is 0. The summed E-state index contributed by atoms with van der Waals surface area (Å²) in [6.07, 6.45) is 6.71. The van der Waals surface area contributed by atoms with Gasteiger partial charge in [0, 0.05) is 6.04 Å². The monoisotopic (exact) mass is 239 g/mol. The highest BCUT2D eigenvalue weighted by Crippen LogP contribution is 2.18. The molecule has 2 aromatic rings. The standard InChI is InChI=1S/C17H21N/c1-2-6-16-13-14(9-10-15(16)5-1)11-12-18-17-7-3-4-8-17/h1-2,5-6,9-10,13,17-18H,3-4,7-8,11-12H2. The second kappa shape index (κ2) is 5.53. The van der Waals surface area contributed by atoms with Gasteiger partial charge in [0.15, 0.2) is 0 Å². The molecule has 0 heterocycles. The predicted molar refractivity (Wildman–Crippen MR) is 77.9 cm³/mol. The second-order valence-corrected chi connectivity index (χ2v) is 5.37. The quantitative estimate of drug-likeness (QED) is 0.853. The molecule has 1 heteroatoms. The third kappa shape index (κ3) is 2.73. The van der Waals surface area contributed by atoms with Crippen molar-refractivity contribution in [3.63, 3.8) is 0 Å². The molecule has 1 aliphatic carbocycles. The van der Waals surface area contributed by atoms with Crippen LogP contribution < -0.4 is 5.32 Å². The first-order chi connectivity index (χ1) is 8.92. The normalized spacial score (nSPS) is 16.4. The van der Waals surface area contributed by atoms with E-state index in [1.54, 1.807) is 0 Å². The molecule has 1 fully saturated rings. The van der Waals surface area contributed by atoms with Crippen molar-refractivity contribution in [1.29, 1.82) is 0 Å². The van der Waals surface area contributed by atoms with E-state index in [2.05, 4.69) is 47.8 Å². The zero-order valence-electron chi connectivity index (χ0n) is 10.9. The summed E-state index contributed by atoms with van der Waals surface area (Å²) >= 11 is 0. The average molecular weight is 239 g/mol. The van der Waals surface area contributed by atoms with E-state index in [0.29, 0.717) is 0 Å². The molecule has 0 spiro atoms. The van der Waals surface area contributed by atoms with Crippen molar-refractivity contribution in [2.24, 2.45) is 0 Å². The third-order valence-corrected chi connectivity index (χ3v) is 4.02. The van der Waals surface area contributed by atoms with Crippen LogP contribution in [0.15, 0.2) is 42.5 Å². The fourth-order valence-corrected chi connectivity index (χ4v) is 2.94. The molecule has 0 aromatic heterocycles. The van der Waals surface area contributed by atoms with Crippen LogP contribution in [0, 0.1) is 0 Å². The van der Waals surface area contributed by atoms with Gasteiger partial charge in [-0.3, -0.25) is 0 Å². The number of hydrogen-bond donors (Lipinski definition) is 1. The highest BCUT2D eigenvalue weighted by atomic mass is 14.9. The van der Waals surface area contributed by atoms with E-state index >= 15 is 0 Å². The van der Waals surface area contributed by atoms with E-state index in [-0.39, 0.29) is 0 Å². The Morgan fingerprint density at radius 2 is 1.72 bits per heavy atom. The lowest BCUT2D eigenvalue weighted by atomic mass is 10.1. The van der Waals surface area contributed by atoms with Crippen LogP contribution in [0.4, 0.5) is 0 Å². The maximum absolute atomic E-state index is 3.68. The SMILES string of the molecule is c1ccc2cc(CCNC3CCCC3)ccc2c1. The first-order valence-electron chi connectivity index (χ1n) is 7.13. The Kier molecular flexibility index (Phi) is 3.61. The van der Waals surface area contributed by atoms with Gasteiger partial charge in [0.1, 0.15) is 0 Å². The average Bonchev–Trinajstić information content (AvgIpc) is 2.92. The van der Waals surface area contributed by atoms with Crippen LogP contribution >= 0.6 is 0 Å². The van der Waals surface area contributed by atoms with Crippen molar-refractivity contribution >= 4 is 10.8 Å². The van der Waals surface area contributed by atoms with Crippen LogP contribution in [0.2, 0.25) is 0 Å².